The maximum atomic E-state index is 13.2. The van der Waals surface area contributed by atoms with Crippen LogP contribution in [0.3, 0.4) is 0 Å². The first-order valence-corrected chi connectivity index (χ1v) is 9.91. The molecule has 5 heteroatoms. The molecule has 146 valence electrons. The van der Waals surface area contributed by atoms with Crippen molar-refractivity contribution in [1.82, 2.24) is 10.6 Å². The summed E-state index contributed by atoms with van der Waals surface area (Å²) in [6.45, 7) is 8.37. The second kappa shape index (κ2) is 8.15. The zero-order chi connectivity index (χ0) is 19.6. The van der Waals surface area contributed by atoms with Crippen molar-refractivity contribution in [3.05, 3.63) is 47.2 Å². The molecule has 0 spiro atoms. The molecule has 2 N–H and O–H groups in total. The van der Waals surface area contributed by atoms with E-state index in [0.717, 1.165) is 18.4 Å². The van der Waals surface area contributed by atoms with Crippen molar-refractivity contribution in [1.29, 1.82) is 0 Å². The number of hydrogen-bond acceptors (Lipinski definition) is 3. The maximum Gasteiger partial charge on any atom is 0.338 e. The second-order valence-electron chi connectivity index (χ2n) is 8.25. The first-order valence-electron chi connectivity index (χ1n) is 9.91. The summed E-state index contributed by atoms with van der Waals surface area (Å²) in [5, 5.41) is 5.58. The average molecular weight is 370 g/mol. The predicted molar refractivity (Wildman–Crippen MR) is 105 cm³/mol. The molecular weight excluding hydrogens is 340 g/mol. The molecule has 4 unspecified atom stereocenters. The number of benzene rings is 1. The highest BCUT2D eigenvalue weighted by atomic mass is 16.5. The Bertz CT molecular complexity index is 726. The molecule has 1 fully saturated rings. The summed E-state index contributed by atoms with van der Waals surface area (Å²) in [6.07, 6.45) is 3.10. The van der Waals surface area contributed by atoms with Gasteiger partial charge in [-0.25, -0.2) is 9.59 Å². The zero-order valence-electron chi connectivity index (χ0n) is 16.6. The molecule has 2 amide bonds. The van der Waals surface area contributed by atoms with Crippen LogP contribution in [-0.4, -0.2) is 18.1 Å². The molecule has 0 radical (unpaired) electrons. The Morgan fingerprint density at radius 2 is 1.89 bits per heavy atom. The molecule has 1 heterocycles. The molecule has 0 aromatic heterocycles. The number of ether oxygens (including phenoxy) is 1. The van der Waals surface area contributed by atoms with Gasteiger partial charge in [-0.1, -0.05) is 57.5 Å². The molecule has 1 aromatic rings. The fraction of sp³-hybridized carbons (Fsp3) is 0.545. The van der Waals surface area contributed by atoms with Crippen LogP contribution < -0.4 is 10.6 Å². The third kappa shape index (κ3) is 4.34. The molecule has 1 aromatic carbocycles. The van der Waals surface area contributed by atoms with Crippen molar-refractivity contribution in [2.45, 2.75) is 59.1 Å². The molecule has 2 aliphatic rings. The Hall–Kier alpha value is -2.30. The Kier molecular flexibility index (Phi) is 5.88. The second-order valence-corrected chi connectivity index (χ2v) is 8.25. The van der Waals surface area contributed by atoms with Crippen LogP contribution in [0.4, 0.5) is 4.79 Å². The van der Waals surface area contributed by atoms with E-state index in [1.54, 1.807) is 6.92 Å². The van der Waals surface area contributed by atoms with E-state index in [0.29, 0.717) is 29.0 Å². The van der Waals surface area contributed by atoms with Gasteiger partial charge < -0.3 is 15.4 Å². The summed E-state index contributed by atoms with van der Waals surface area (Å²) in [6, 6.07) is 8.75. The first-order chi connectivity index (χ1) is 12.9. The van der Waals surface area contributed by atoms with Crippen LogP contribution in [0.15, 0.2) is 41.6 Å². The van der Waals surface area contributed by atoms with Gasteiger partial charge in [-0.05, 0) is 43.1 Å². The first kappa shape index (κ1) is 19.5. The molecular formula is C22H30N2O3. The molecule has 4 atom stereocenters. The predicted octanol–water partition coefficient (Wildman–Crippen LogP) is 4.32. The van der Waals surface area contributed by atoms with E-state index in [9.17, 15) is 9.59 Å². The Balaban J connectivity index is 1.86. The lowest BCUT2D eigenvalue weighted by Crippen LogP contribution is -2.46. The molecule has 0 saturated heterocycles. The molecule has 5 nitrogen and oxygen atoms in total. The van der Waals surface area contributed by atoms with Gasteiger partial charge in [0.1, 0.15) is 6.10 Å². The summed E-state index contributed by atoms with van der Waals surface area (Å²) in [5.41, 5.74) is 1.92. The fourth-order valence-electron chi connectivity index (χ4n) is 4.31. The van der Waals surface area contributed by atoms with Crippen LogP contribution >= 0.6 is 0 Å². The minimum Gasteiger partial charge on any atom is -0.459 e. The van der Waals surface area contributed by atoms with E-state index >= 15 is 0 Å². The van der Waals surface area contributed by atoms with Gasteiger partial charge in [0.25, 0.3) is 0 Å². The van der Waals surface area contributed by atoms with E-state index in [4.69, 9.17) is 4.74 Å². The summed E-state index contributed by atoms with van der Waals surface area (Å²) in [5.74, 6) is 1.08. The maximum absolute atomic E-state index is 13.2. The highest BCUT2D eigenvalue weighted by Gasteiger charge is 2.37. The van der Waals surface area contributed by atoms with Gasteiger partial charge in [-0.2, -0.15) is 0 Å². The number of nitrogens with one attached hydrogen (secondary N) is 2. The third-order valence-electron chi connectivity index (χ3n) is 5.84. The largest absolute Gasteiger partial charge is 0.459 e. The van der Waals surface area contributed by atoms with Gasteiger partial charge >= 0.3 is 12.0 Å². The van der Waals surface area contributed by atoms with Crippen LogP contribution in [0.25, 0.3) is 0 Å². The van der Waals surface area contributed by atoms with Crippen LogP contribution in [0.1, 0.15) is 58.6 Å². The van der Waals surface area contributed by atoms with Gasteiger partial charge in [-0.15, -0.1) is 0 Å². The number of rotatable bonds is 4. The quantitative estimate of drug-likeness (QED) is 0.776. The lowest BCUT2D eigenvalue weighted by molar-refractivity contribution is -0.151. The molecule has 1 aliphatic heterocycles. The van der Waals surface area contributed by atoms with Crippen LogP contribution in [0.5, 0.6) is 0 Å². The Morgan fingerprint density at radius 3 is 2.56 bits per heavy atom. The van der Waals surface area contributed by atoms with Gasteiger partial charge in [0, 0.05) is 5.70 Å². The van der Waals surface area contributed by atoms with Crippen LogP contribution in [0, 0.1) is 17.8 Å². The summed E-state index contributed by atoms with van der Waals surface area (Å²) in [4.78, 5) is 25.2. The number of carbonyl (C=O) groups excluding carboxylic acids is 2. The van der Waals surface area contributed by atoms with E-state index in [2.05, 4.69) is 31.4 Å². The van der Waals surface area contributed by atoms with Crippen molar-refractivity contribution in [3.63, 3.8) is 0 Å². The van der Waals surface area contributed by atoms with Crippen LogP contribution in [0.2, 0.25) is 0 Å². The standard InChI is InChI=1S/C22H30N2O3/c1-13(2)17-11-10-14(3)12-18(17)27-21(25)19-15(4)23-22(26)24-20(19)16-8-6-5-7-9-16/h5-9,13-14,17-18,20H,10-12H2,1-4H3,(H2,23,24,26). The van der Waals surface area contributed by atoms with E-state index < -0.39 is 6.04 Å². The normalized spacial score (nSPS) is 28.6. The van der Waals surface area contributed by atoms with Crippen molar-refractivity contribution in [2.24, 2.45) is 17.8 Å². The number of urea groups is 1. The van der Waals surface area contributed by atoms with Gasteiger partial charge in [0.2, 0.25) is 0 Å². The summed E-state index contributed by atoms with van der Waals surface area (Å²) >= 11 is 0. The molecule has 3 rings (SSSR count). The number of amides is 2. The van der Waals surface area contributed by atoms with Crippen molar-refractivity contribution in [3.8, 4) is 0 Å². The Labute approximate surface area is 161 Å². The van der Waals surface area contributed by atoms with Gasteiger partial charge in [-0.3, -0.25) is 0 Å². The van der Waals surface area contributed by atoms with E-state index in [1.807, 2.05) is 30.3 Å². The highest BCUT2D eigenvalue weighted by Crippen LogP contribution is 2.37. The van der Waals surface area contributed by atoms with Gasteiger partial charge in [0.15, 0.2) is 0 Å². The Morgan fingerprint density at radius 1 is 1.19 bits per heavy atom. The topological polar surface area (TPSA) is 67.4 Å². The minimum atomic E-state index is -0.494. The minimum absolute atomic E-state index is 0.0735. The van der Waals surface area contributed by atoms with Crippen molar-refractivity contribution < 1.29 is 14.3 Å². The smallest absolute Gasteiger partial charge is 0.338 e. The lowest BCUT2D eigenvalue weighted by Gasteiger charge is -2.37. The molecule has 27 heavy (non-hydrogen) atoms. The van der Waals surface area contributed by atoms with Crippen molar-refractivity contribution in [2.75, 3.05) is 0 Å². The number of esters is 1. The van der Waals surface area contributed by atoms with Crippen molar-refractivity contribution >= 4 is 12.0 Å². The SMILES string of the molecule is CC1=C(C(=O)OC2CC(C)CCC2C(C)C)C(c2ccccc2)NC(=O)N1. The number of carbonyl (C=O) groups is 2. The average Bonchev–Trinajstić information content (AvgIpc) is 2.61. The third-order valence-corrected chi connectivity index (χ3v) is 5.84. The number of hydrogen-bond donors (Lipinski definition) is 2. The summed E-state index contributed by atoms with van der Waals surface area (Å²) < 4.78 is 6.04. The monoisotopic (exact) mass is 370 g/mol. The highest BCUT2D eigenvalue weighted by molar-refractivity contribution is 5.95. The van der Waals surface area contributed by atoms with E-state index in [1.165, 1.54) is 6.42 Å². The summed E-state index contributed by atoms with van der Waals surface area (Å²) in [7, 11) is 0. The fourth-order valence-corrected chi connectivity index (χ4v) is 4.31. The van der Waals surface area contributed by atoms with Crippen LogP contribution in [-0.2, 0) is 9.53 Å². The number of allylic oxidation sites excluding steroid dienone is 1. The van der Waals surface area contributed by atoms with Gasteiger partial charge in [0.05, 0.1) is 11.6 Å². The van der Waals surface area contributed by atoms with E-state index in [-0.39, 0.29) is 18.1 Å². The molecule has 1 aliphatic carbocycles. The lowest BCUT2D eigenvalue weighted by atomic mass is 9.75. The molecule has 0 bridgehead atoms. The zero-order valence-corrected chi connectivity index (χ0v) is 16.6. The molecule has 1 saturated carbocycles.